The lowest BCUT2D eigenvalue weighted by molar-refractivity contribution is 0.166. The maximum absolute atomic E-state index is 5.96. The molecule has 4 unspecified atom stereocenters. The number of fused-ring (bicyclic) bond motifs is 1. The monoisotopic (exact) mass is 152 g/mol. The van der Waals surface area contributed by atoms with Crippen LogP contribution in [0.2, 0.25) is 0 Å². The summed E-state index contributed by atoms with van der Waals surface area (Å²) in [5, 5.41) is 3.68. The first-order chi connectivity index (χ1) is 5.29. The van der Waals surface area contributed by atoms with Gasteiger partial charge in [0.2, 0.25) is 0 Å². The molecule has 0 aromatic carbocycles. The van der Waals surface area contributed by atoms with Crippen molar-refractivity contribution in [3.63, 3.8) is 0 Å². The zero-order chi connectivity index (χ0) is 7.64. The topological polar surface area (TPSA) is 38.0 Å². The molecule has 4 fully saturated rings. The van der Waals surface area contributed by atoms with Gasteiger partial charge in [0, 0.05) is 23.5 Å². The van der Waals surface area contributed by atoms with Crippen molar-refractivity contribution in [1.82, 2.24) is 5.32 Å². The van der Waals surface area contributed by atoms with Gasteiger partial charge in [0.25, 0.3) is 0 Å². The van der Waals surface area contributed by atoms with Crippen LogP contribution in [0, 0.1) is 11.3 Å². The molecule has 62 valence electrons. The predicted molar refractivity (Wildman–Crippen MR) is 44.1 cm³/mol. The van der Waals surface area contributed by atoms with Gasteiger partial charge in [-0.3, -0.25) is 0 Å². The Morgan fingerprint density at radius 1 is 1.64 bits per heavy atom. The van der Waals surface area contributed by atoms with Crippen molar-refractivity contribution in [1.29, 1.82) is 0 Å². The van der Waals surface area contributed by atoms with Crippen molar-refractivity contribution < 1.29 is 0 Å². The van der Waals surface area contributed by atoms with Crippen LogP contribution >= 0.6 is 0 Å². The van der Waals surface area contributed by atoms with Gasteiger partial charge in [-0.1, -0.05) is 6.92 Å². The van der Waals surface area contributed by atoms with E-state index in [-0.39, 0.29) is 0 Å². The minimum Gasteiger partial charge on any atom is -0.327 e. The van der Waals surface area contributed by atoms with Gasteiger partial charge in [-0.05, 0) is 25.2 Å². The highest BCUT2D eigenvalue weighted by atomic mass is 15.1. The maximum Gasteiger partial charge on any atom is 0.0148 e. The Labute approximate surface area is 67.5 Å². The summed E-state index contributed by atoms with van der Waals surface area (Å²) in [6.45, 7) is 2.28. The Balaban J connectivity index is 1.85. The summed E-state index contributed by atoms with van der Waals surface area (Å²) in [6.07, 6.45) is 3.99. The zero-order valence-electron chi connectivity index (χ0n) is 7.01. The quantitative estimate of drug-likeness (QED) is 0.573. The Morgan fingerprint density at radius 3 is 2.73 bits per heavy atom. The molecule has 2 aliphatic carbocycles. The molecule has 2 heteroatoms. The van der Waals surface area contributed by atoms with E-state index in [1.807, 2.05) is 0 Å². The first kappa shape index (κ1) is 6.44. The van der Waals surface area contributed by atoms with Gasteiger partial charge < -0.3 is 11.1 Å². The first-order valence-corrected chi connectivity index (χ1v) is 4.80. The van der Waals surface area contributed by atoms with Crippen LogP contribution in [0.5, 0.6) is 0 Å². The molecule has 2 aliphatic heterocycles. The number of nitrogens with one attached hydrogen (secondary N) is 1. The van der Waals surface area contributed by atoms with Crippen LogP contribution < -0.4 is 11.1 Å². The van der Waals surface area contributed by atoms with E-state index in [4.69, 9.17) is 5.73 Å². The van der Waals surface area contributed by atoms with E-state index in [9.17, 15) is 0 Å². The fraction of sp³-hybridized carbons (Fsp3) is 1.00. The van der Waals surface area contributed by atoms with Crippen LogP contribution in [-0.2, 0) is 0 Å². The third-order valence-electron chi connectivity index (χ3n) is 4.27. The molecule has 11 heavy (non-hydrogen) atoms. The minimum atomic E-state index is 0.537. The van der Waals surface area contributed by atoms with E-state index in [0.29, 0.717) is 11.5 Å². The average molecular weight is 152 g/mol. The normalized spacial score (nSPS) is 64.9. The Bertz CT molecular complexity index is 204. The van der Waals surface area contributed by atoms with Crippen LogP contribution in [0.3, 0.4) is 0 Å². The average Bonchev–Trinajstić information content (AvgIpc) is 2.49. The second-order valence-corrected chi connectivity index (χ2v) is 4.50. The molecule has 0 radical (unpaired) electrons. The van der Waals surface area contributed by atoms with Crippen molar-refractivity contribution in [2.45, 2.75) is 44.3 Å². The Hall–Kier alpha value is -0.0800. The van der Waals surface area contributed by atoms with Gasteiger partial charge in [0.1, 0.15) is 0 Å². The van der Waals surface area contributed by atoms with Crippen molar-refractivity contribution in [2.24, 2.45) is 17.1 Å². The van der Waals surface area contributed by atoms with E-state index in [1.165, 1.54) is 19.3 Å². The third kappa shape index (κ3) is 0.510. The highest BCUT2D eigenvalue weighted by molar-refractivity contribution is 5.29. The summed E-state index contributed by atoms with van der Waals surface area (Å²) in [4.78, 5) is 0. The number of hydrogen-bond acceptors (Lipinski definition) is 2. The van der Waals surface area contributed by atoms with Gasteiger partial charge in [-0.15, -0.1) is 0 Å². The maximum atomic E-state index is 5.96. The Morgan fingerprint density at radius 2 is 2.36 bits per heavy atom. The predicted octanol–water partition coefficient (Wildman–Crippen LogP) is 0.474. The van der Waals surface area contributed by atoms with Crippen LogP contribution in [0.1, 0.15) is 26.2 Å². The molecule has 2 heterocycles. The van der Waals surface area contributed by atoms with Crippen LogP contribution in [0.25, 0.3) is 0 Å². The standard InChI is InChI=1S/C9H16N2/c1-2-6-5-3-8(11-6)9(5)4-7(9)10/h5-8,11H,2-4,10H2,1H3/t5?,6?,7?,8?,9-/m0/s1. The lowest BCUT2D eigenvalue weighted by atomic mass is 9.67. The molecule has 2 bridgehead atoms. The largest absolute Gasteiger partial charge is 0.327 e. The van der Waals surface area contributed by atoms with E-state index < -0.39 is 0 Å². The summed E-state index contributed by atoms with van der Waals surface area (Å²) in [5.41, 5.74) is 6.56. The fourth-order valence-corrected chi connectivity index (χ4v) is 3.48. The molecule has 5 atom stereocenters. The van der Waals surface area contributed by atoms with Gasteiger partial charge in [-0.25, -0.2) is 0 Å². The lowest BCUT2D eigenvalue weighted by Gasteiger charge is -2.36. The number of nitrogens with two attached hydrogens (primary N) is 1. The summed E-state index contributed by atoms with van der Waals surface area (Å²) < 4.78 is 0. The molecule has 4 aliphatic rings. The van der Waals surface area contributed by atoms with E-state index in [2.05, 4.69) is 12.2 Å². The van der Waals surface area contributed by atoms with E-state index in [0.717, 1.165) is 18.0 Å². The fourth-order valence-electron chi connectivity index (χ4n) is 3.48. The molecule has 0 aromatic rings. The van der Waals surface area contributed by atoms with Gasteiger partial charge >= 0.3 is 0 Å². The molecule has 1 spiro atoms. The highest BCUT2D eigenvalue weighted by Crippen LogP contribution is 2.68. The summed E-state index contributed by atoms with van der Waals surface area (Å²) in [6, 6.07) is 2.14. The number of rotatable bonds is 1. The number of hydrogen-bond donors (Lipinski definition) is 2. The zero-order valence-corrected chi connectivity index (χ0v) is 7.01. The van der Waals surface area contributed by atoms with Crippen LogP contribution in [0.4, 0.5) is 0 Å². The first-order valence-electron chi connectivity index (χ1n) is 4.80. The highest BCUT2D eigenvalue weighted by Gasteiger charge is 2.73. The molecule has 3 N–H and O–H groups in total. The van der Waals surface area contributed by atoms with Gasteiger partial charge in [0.05, 0.1) is 0 Å². The molecular weight excluding hydrogens is 136 g/mol. The lowest BCUT2D eigenvalue weighted by Crippen LogP contribution is -2.43. The van der Waals surface area contributed by atoms with Crippen molar-refractivity contribution >= 4 is 0 Å². The molecular formula is C9H16N2. The SMILES string of the molecule is CCC1NC2CC1[C@]21CC1N. The molecule has 0 amide bonds. The summed E-state index contributed by atoms with van der Waals surface area (Å²) in [5.74, 6) is 0.937. The molecule has 4 rings (SSSR count). The summed E-state index contributed by atoms with van der Waals surface area (Å²) >= 11 is 0. The smallest absolute Gasteiger partial charge is 0.0148 e. The van der Waals surface area contributed by atoms with Gasteiger partial charge in [0.15, 0.2) is 0 Å². The minimum absolute atomic E-state index is 0.537. The van der Waals surface area contributed by atoms with Crippen LogP contribution in [-0.4, -0.2) is 18.1 Å². The summed E-state index contributed by atoms with van der Waals surface area (Å²) in [7, 11) is 0. The molecule has 2 nitrogen and oxygen atoms in total. The van der Waals surface area contributed by atoms with Crippen LogP contribution in [0.15, 0.2) is 0 Å². The third-order valence-corrected chi connectivity index (χ3v) is 4.27. The molecule has 2 saturated carbocycles. The van der Waals surface area contributed by atoms with Gasteiger partial charge in [-0.2, -0.15) is 0 Å². The van der Waals surface area contributed by atoms with Crippen molar-refractivity contribution in [3.8, 4) is 0 Å². The second kappa shape index (κ2) is 1.64. The van der Waals surface area contributed by atoms with Crippen molar-refractivity contribution in [2.75, 3.05) is 0 Å². The van der Waals surface area contributed by atoms with Crippen molar-refractivity contribution in [3.05, 3.63) is 0 Å². The second-order valence-electron chi connectivity index (χ2n) is 4.50. The van der Waals surface area contributed by atoms with E-state index in [1.54, 1.807) is 0 Å². The molecule has 0 aromatic heterocycles. The molecule has 2 saturated heterocycles. The van der Waals surface area contributed by atoms with E-state index >= 15 is 0 Å². The Kier molecular flexibility index (Phi) is 0.961.